The Morgan fingerprint density at radius 1 is 1.26 bits per heavy atom. The zero-order valence-corrected chi connectivity index (χ0v) is 10.8. The van der Waals surface area contributed by atoms with Gasteiger partial charge in [0.05, 0.1) is 6.10 Å². The predicted molar refractivity (Wildman–Crippen MR) is 75.9 cm³/mol. The fourth-order valence-corrected chi connectivity index (χ4v) is 1.90. The first-order chi connectivity index (χ1) is 9.09. The highest BCUT2D eigenvalue weighted by molar-refractivity contribution is 6.06. The van der Waals surface area contributed by atoms with Crippen LogP contribution in [0.3, 0.4) is 0 Å². The summed E-state index contributed by atoms with van der Waals surface area (Å²) in [7, 11) is 0. The van der Waals surface area contributed by atoms with E-state index in [-0.39, 0.29) is 12.5 Å². The molecule has 0 radical (unpaired) electrons. The van der Waals surface area contributed by atoms with E-state index in [9.17, 15) is 9.90 Å². The third-order valence-electron chi connectivity index (χ3n) is 3.15. The minimum atomic E-state index is -0.646. The molecule has 0 aliphatic carbocycles. The topological polar surface area (TPSA) is 75.3 Å². The molecule has 0 saturated carbocycles. The van der Waals surface area contributed by atoms with E-state index in [4.69, 9.17) is 5.73 Å². The van der Waals surface area contributed by atoms with E-state index in [0.717, 1.165) is 10.8 Å². The molecule has 4 heteroatoms. The van der Waals surface area contributed by atoms with Crippen molar-refractivity contribution in [3.8, 4) is 0 Å². The second kappa shape index (κ2) is 5.82. The molecular formula is C15H18N2O2. The molecule has 1 amide bonds. The monoisotopic (exact) mass is 258 g/mol. The summed E-state index contributed by atoms with van der Waals surface area (Å²) in [5.41, 5.74) is 6.31. The Bertz CT molecular complexity index is 576. The molecule has 2 atom stereocenters. The fourth-order valence-electron chi connectivity index (χ4n) is 1.90. The zero-order valence-electron chi connectivity index (χ0n) is 10.8. The molecule has 0 aliphatic rings. The maximum absolute atomic E-state index is 12.1. The average Bonchev–Trinajstić information content (AvgIpc) is 2.43. The van der Waals surface area contributed by atoms with Gasteiger partial charge in [0.25, 0.3) is 5.91 Å². The number of fused-ring (bicyclic) bond motifs is 1. The van der Waals surface area contributed by atoms with Crippen molar-refractivity contribution in [1.82, 2.24) is 5.32 Å². The molecule has 2 aromatic rings. The SMILES string of the molecule is CC(O)C(N)CNC(=O)c1cccc2ccccc12. The highest BCUT2D eigenvalue weighted by Gasteiger charge is 2.13. The van der Waals surface area contributed by atoms with Crippen LogP contribution in [0.1, 0.15) is 17.3 Å². The normalized spacial score (nSPS) is 14.1. The minimum absolute atomic E-state index is 0.173. The Balaban J connectivity index is 2.18. The summed E-state index contributed by atoms with van der Waals surface area (Å²) < 4.78 is 0. The van der Waals surface area contributed by atoms with Crippen molar-refractivity contribution in [2.75, 3.05) is 6.54 Å². The van der Waals surface area contributed by atoms with E-state index in [1.165, 1.54) is 0 Å². The Hall–Kier alpha value is -1.91. The van der Waals surface area contributed by atoms with Crippen LogP contribution in [0.5, 0.6) is 0 Å². The van der Waals surface area contributed by atoms with Gasteiger partial charge in [-0.15, -0.1) is 0 Å². The minimum Gasteiger partial charge on any atom is -0.392 e. The van der Waals surface area contributed by atoms with Crippen LogP contribution in [0.2, 0.25) is 0 Å². The van der Waals surface area contributed by atoms with Gasteiger partial charge >= 0.3 is 0 Å². The van der Waals surface area contributed by atoms with Crippen LogP contribution in [0, 0.1) is 0 Å². The lowest BCUT2D eigenvalue weighted by atomic mass is 10.0. The zero-order chi connectivity index (χ0) is 13.8. The van der Waals surface area contributed by atoms with E-state index in [0.29, 0.717) is 5.56 Å². The summed E-state index contributed by atoms with van der Waals surface area (Å²) in [6.45, 7) is 1.86. The lowest BCUT2D eigenvalue weighted by Crippen LogP contribution is -2.43. The van der Waals surface area contributed by atoms with Gasteiger partial charge in [0.1, 0.15) is 0 Å². The lowest BCUT2D eigenvalue weighted by Gasteiger charge is -2.15. The first kappa shape index (κ1) is 13.5. The van der Waals surface area contributed by atoms with Crippen molar-refractivity contribution in [3.63, 3.8) is 0 Å². The largest absolute Gasteiger partial charge is 0.392 e. The van der Waals surface area contributed by atoms with Crippen LogP contribution in [0.25, 0.3) is 10.8 Å². The van der Waals surface area contributed by atoms with E-state index in [1.807, 2.05) is 36.4 Å². The number of nitrogens with one attached hydrogen (secondary N) is 1. The number of hydrogen-bond donors (Lipinski definition) is 3. The molecule has 0 fully saturated rings. The van der Waals surface area contributed by atoms with Gasteiger partial charge in [0.15, 0.2) is 0 Å². The van der Waals surface area contributed by atoms with Crippen LogP contribution >= 0.6 is 0 Å². The number of rotatable bonds is 4. The summed E-state index contributed by atoms with van der Waals surface area (Å²) in [6.07, 6.45) is -0.646. The maximum atomic E-state index is 12.1. The second-order valence-electron chi connectivity index (χ2n) is 4.64. The second-order valence-corrected chi connectivity index (χ2v) is 4.64. The first-order valence-corrected chi connectivity index (χ1v) is 6.29. The van der Waals surface area contributed by atoms with Crippen LogP contribution in [-0.2, 0) is 0 Å². The molecule has 4 N–H and O–H groups in total. The molecule has 0 aromatic heterocycles. The molecular weight excluding hydrogens is 240 g/mol. The number of aliphatic hydroxyl groups is 1. The molecule has 2 aromatic carbocycles. The molecule has 2 rings (SSSR count). The quantitative estimate of drug-likeness (QED) is 0.773. The molecule has 0 aliphatic heterocycles. The van der Waals surface area contributed by atoms with Crippen molar-refractivity contribution in [1.29, 1.82) is 0 Å². The smallest absolute Gasteiger partial charge is 0.251 e. The number of amides is 1. The Kier molecular flexibility index (Phi) is 4.14. The highest BCUT2D eigenvalue weighted by Crippen LogP contribution is 2.18. The molecule has 0 heterocycles. The molecule has 0 bridgehead atoms. The Labute approximate surface area is 112 Å². The third kappa shape index (κ3) is 3.10. The Morgan fingerprint density at radius 3 is 2.68 bits per heavy atom. The van der Waals surface area contributed by atoms with Crippen LogP contribution < -0.4 is 11.1 Å². The van der Waals surface area contributed by atoms with Gasteiger partial charge in [-0.2, -0.15) is 0 Å². The standard InChI is InChI=1S/C15H18N2O2/c1-10(18)14(16)9-17-15(19)13-8-4-6-11-5-2-3-7-12(11)13/h2-8,10,14,18H,9,16H2,1H3,(H,17,19). The van der Waals surface area contributed by atoms with Crippen LogP contribution in [-0.4, -0.2) is 29.7 Å². The van der Waals surface area contributed by atoms with Crippen molar-refractivity contribution >= 4 is 16.7 Å². The Morgan fingerprint density at radius 2 is 1.95 bits per heavy atom. The average molecular weight is 258 g/mol. The van der Waals surface area contributed by atoms with Crippen molar-refractivity contribution in [2.45, 2.75) is 19.1 Å². The third-order valence-corrected chi connectivity index (χ3v) is 3.15. The highest BCUT2D eigenvalue weighted by atomic mass is 16.3. The van der Waals surface area contributed by atoms with Crippen molar-refractivity contribution in [2.24, 2.45) is 5.73 Å². The summed E-state index contributed by atoms with van der Waals surface area (Å²) in [4.78, 5) is 12.1. The summed E-state index contributed by atoms with van der Waals surface area (Å²) in [5, 5.41) is 14.0. The van der Waals surface area contributed by atoms with Gasteiger partial charge in [-0.25, -0.2) is 0 Å². The van der Waals surface area contributed by atoms with Gasteiger partial charge < -0.3 is 16.2 Å². The predicted octanol–water partition coefficient (Wildman–Crippen LogP) is 1.28. The van der Waals surface area contributed by atoms with E-state index in [2.05, 4.69) is 5.32 Å². The van der Waals surface area contributed by atoms with Crippen LogP contribution in [0.15, 0.2) is 42.5 Å². The number of hydrogen-bond acceptors (Lipinski definition) is 3. The van der Waals surface area contributed by atoms with E-state index < -0.39 is 12.1 Å². The molecule has 0 saturated heterocycles. The van der Waals surface area contributed by atoms with E-state index in [1.54, 1.807) is 13.0 Å². The van der Waals surface area contributed by atoms with Crippen LogP contribution in [0.4, 0.5) is 0 Å². The van der Waals surface area contributed by atoms with Gasteiger partial charge in [-0.3, -0.25) is 4.79 Å². The maximum Gasteiger partial charge on any atom is 0.251 e. The molecule has 19 heavy (non-hydrogen) atoms. The van der Waals surface area contributed by atoms with E-state index >= 15 is 0 Å². The lowest BCUT2D eigenvalue weighted by molar-refractivity contribution is 0.0939. The van der Waals surface area contributed by atoms with Crippen molar-refractivity contribution < 1.29 is 9.90 Å². The number of nitrogens with two attached hydrogens (primary N) is 1. The number of benzene rings is 2. The molecule has 100 valence electrons. The number of aliphatic hydroxyl groups excluding tert-OH is 1. The first-order valence-electron chi connectivity index (χ1n) is 6.29. The van der Waals surface area contributed by atoms with Gasteiger partial charge in [-0.05, 0) is 23.8 Å². The van der Waals surface area contributed by atoms with Gasteiger partial charge in [0.2, 0.25) is 0 Å². The number of carbonyl (C=O) groups is 1. The van der Waals surface area contributed by atoms with Gasteiger partial charge in [0, 0.05) is 18.2 Å². The molecule has 0 spiro atoms. The van der Waals surface area contributed by atoms with Gasteiger partial charge in [-0.1, -0.05) is 36.4 Å². The summed E-state index contributed by atoms with van der Waals surface area (Å²) in [5.74, 6) is -0.173. The van der Waals surface area contributed by atoms with Crippen molar-refractivity contribution in [3.05, 3.63) is 48.0 Å². The fraction of sp³-hybridized carbons (Fsp3) is 0.267. The summed E-state index contributed by atoms with van der Waals surface area (Å²) in [6, 6.07) is 12.9. The molecule has 4 nitrogen and oxygen atoms in total. The number of carbonyl (C=O) groups excluding carboxylic acids is 1. The summed E-state index contributed by atoms with van der Waals surface area (Å²) >= 11 is 0. The molecule has 2 unspecified atom stereocenters.